The van der Waals surface area contributed by atoms with Crippen molar-refractivity contribution in [3.63, 3.8) is 0 Å². The van der Waals surface area contributed by atoms with Crippen LogP contribution in [-0.4, -0.2) is 9.67 Å². The number of aromatic nitrogens is 1. The van der Waals surface area contributed by atoms with Crippen molar-refractivity contribution in [2.75, 3.05) is 0 Å². The monoisotopic (exact) mass is 337 g/mol. The topological polar surface area (TPSA) is 25.2 Å². The second-order valence-electron chi connectivity index (χ2n) is 6.70. The average Bonchev–Trinajstić information content (AvgIpc) is 3.02. The quantitative estimate of drug-likeness (QED) is 0.407. The minimum atomic E-state index is 0.297. The fraction of sp³-hybridized carbons (Fsp3) is 0.0833. The van der Waals surface area contributed by atoms with Crippen LogP contribution in [0.2, 0.25) is 0 Å². The summed E-state index contributed by atoms with van der Waals surface area (Å²) in [5.74, 6) is 0.297. The molecule has 5 aromatic rings. The highest BCUT2D eigenvalue weighted by Crippen LogP contribution is 2.38. The number of hydrogen-bond acceptors (Lipinski definition) is 1. The molecular weight excluding hydrogens is 318 g/mol. The summed E-state index contributed by atoms with van der Waals surface area (Å²) >= 11 is 0. The summed E-state index contributed by atoms with van der Waals surface area (Å²) in [5.41, 5.74) is 4.86. The smallest absolute Gasteiger partial charge is 0.116 e. The van der Waals surface area contributed by atoms with Gasteiger partial charge in [0.1, 0.15) is 5.75 Å². The Bertz CT molecular complexity index is 1280. The van der Waals surface area contributed by atoms with E-state index in [0.717, 1.165) is 22.7 Å². The molecule has 0 bridgehead atoms. The molecule has 0 spiro atoms. The van der Waals surface area contributed by atoms with Crippen molar-refractivity contribution in [3.8, 4) is 11.4 Å². The highest BCUT2D eigenvalue weighted by Gasteiger charge is 2.16. The van der Waals surface area contributed by atoms with Gasteiger partial charge in [-0.25, -0.2) is 0 Å². The maximum absolute atomic E-state index is 10.1. The van der Waals surface area contributed by atoms with Crippen LogP contribution in [0.25, 0.3) is 38.3 Å². The molecular formula is C24H19NO. The number of phenols is 1. The molecule has 0 radical (unpaired) electrons. The number of aryl methyl sites for hydroxylation is 1. The number of rotatable bonds is 2. The van der Waals surface area contributed by atoms with Gasteiger partial charge in [0, 0.05) is 21.8 Å². The molecule has 0 unspecified atom stereocenters. The van der Waals surface area contributed by atoms with Gasteiger partial charge in [0.2, 0.25) is 0 Å². The summed E-state index contributed by atoms with van der Waals surface area (Å²) in [7, 11) is 0. The number of aromatic hydroxyl groups is 1. The van der Waals surface area contributed by atoms with E-state index in [1.807, 2.05) is 12.1 Å². The largest absolute Gasteiger partial charge is 0.508 e. The van der Waals surface area contributed by atoms with E-state index in [1.165, 1.54) is 27.5 Å². The van der Waals surface area contributed by atoms with E-state index in [2.05, 4.69) is 72.2 Å². The van der Waals surface area contributed by atoms with Crippen LogP contribution in [-0.2, 0) is 6.42 Å². The van der Waals surface area contributed by atoms with Gasteiger partial charge >= 0.3 is 0 Å². The fourth-order valence-corrected chi connectivity index (χ4v) is 4.05. The van der Waals surface area contributed by atoms with Crippen molar-refractivity contribution in [1.82, 2.24) is 4.57 Å². The van der Waals surface area contributed by atoms with Crippen LogP contribution in [0.5, 0.6) is 5.75 Å². The molecule has 0 saturated carbocycles. The highest BCUT2D eigenvalue weighted by atomic mass is 16.3. The molecule has 4 aromatic carbocycles. The third-order valence-corrected chi connectivity index (χ3v) is 5.25. The second-order valence-corrected chi connectivity index (χ2v) is 6.70. The van der Waals surface area contributed by atoms with Crippen LogP contribution >= 0.6 is 0 Å². The van der Waals surface area contributed by atoms with Crippen LogP contribution in [0.1, 0.15) is 12.5 Å². The number of fused-ring (bicyclic) bond motifs is 5. The maximum Gasteiger partial charge on any atom is 0.116 e. The number of nitrogens with zero attached hydrogens (tertiary/aromatic N) is 1. The molecule has 0 aliphatic rings. The van der Waals surface area contributed by atoms with Gasteiger partial charge < -0.3 is 9.67 Å². The Balaban J connectivity index is 2.07. The van der Waals surface area contributed by atoms with Crippen LogP contribution in [0.15, 0.2) is 78.9 Å². The van der Waals surface area contributed by atoms with E-state index in [0.29, 0.717) is 5.75 Å². The van der Waals surface area contributed by atoms with Gasteiger partial charge in [0.25, 0.3) is 0 Å². The normalized spacial score (nSPS) is 11.6. The SMILES string of the molecule is CCc1ccccc1-n1c2ccccc2c2ccc3ccc(O)cc3c21. The molecule has 2 nitrogen and oxygen atoms in total. The Labute approximate surface area is 151 Å². The average molecular weight is 337 g/mol. The molecule has 5 rings (SSSR count). The number of hydrogen-bond donors (Lipinski definition) is 1. The minimum absolute atomic E-state index is 0.297. The zero-order chi connectivity index (χ0) is 17.7. The summed E-state index contributed by atoms with van der Waals surface area (Å²) in [4.78, 5) is 0. The van der Waals surface area contributed by atoms with Gasteiger partial charge in [-0.3, -0.25) is 0 Å². The van der Waals surface area contributed by atoms with Gasteiger partial charge in [-0.1, -0.05) is 61.5 Å². The molecule has 0 atom stereocenters. The summed E-state index contributed by atoms with van der Waals surface area (Å²) in [6.07, 6.45) is 0.972. The molecule has 126 valence electrons. The highest BCUT2D eigenvalue weighted by molar-refractivity contribution is 6.18. The lowest BCUT2D eigenvalue weighted by molar-refractivity contribution is 0.476. The summed E-state index contributed by atoms with van der Waals surface area (Å²) < 4.78 is 2.35. The first-order valence-corrected chi connectivity index (χ1v) is 9.01. The first-order chi connectivity index (χ1) is 12.8. The lowest BCUT2D eigenvalue weighted by Crippen LogP contribution is -1.99. The summed E-state index contributed by atoms with van der Waals surface area (Å²) in [6, 6.07) is 27.1. The molecule has 0 aliphatic heterocycles. The fourth-order valence-electron chi connectivity index (χ4n) is 4.05. The van der Waals surface area contributed by atoms with Crippen LogP contribution in [0.3, 0.4) is 0 Å². The number of phenolic OH excluding ortho intramolecular Hbond substituents is 1. The first-order valence-electron chi connectivity index (χ1n) is 9.01. The van der Waals surface area contributed by atoms with Crippen LogP contribution in [0.4, 0.5) is 0 Å². The lowest BCUT2D eigenvalue weighted by Gasteiger charge is -2.13. The Hall–Kier alpha value is -3.26. The Morgan fingerprint density at radius 2 is 1.54 bits per heavy atom. The maximum atomic E-state index is 10.1. The van der Waals surface area contributed by atoms with Gasteiger partial charge in [0.15, 0.2) is 0 Å². The van der Waals surface area contributed by atoms with E-state index in [1.54, 1.807) is 6.07 Å². The molecule has 1 N–H and O–H groups in total. The zero-order valence-electron chi connectivity index (χ0n) is 14.6. The van der Waals surface area contributed by atoms with E-state index in [-0.39, 0.29) is 0 Å². The standard InChI is InChI=1S/C24H19NO/c1-2-16-7-3-5-9-22(16)25-23-10-6-4-8-19(23)20-14-12-17-11-13-18(26)15-21(17)24(20)25/h3-15,26H,2H2,1H3. The molecule has 0 amide bonds. The van der Waals surface area contributed by atoms with E-state index in [9.17, 15) is 5.11 Å². The van der Waals surface area contributed by atoms with Crippen molar-refractivity contribution < 1.29 is 5.11 Å². The van der Waals surface area contributed by atoms with Crippen molar-refractivity contribution >= 4 is 32.6 Å². The van der Waals surface area contributed by atoms with E-state index < -0.39 is 0 Å². The van der Waals surface area contributed by atoms with Crippen LogP contribution < -0.4 is 0 Å². The molecule has 0 fully saturated rings. The molecule has 0 aliphatic carbocycles. The Morgan fingerprint density at radius 3 is 2.42 bits per heavy atom. The Kier molecular flexibility index (Phi) is 3.26. The zero-order valence-corrected chi connectivity index (χ0v) is 14.6. The van der Waals surface area contributed by atoms with Gasteiger partial charge in [-0.15, -0.1) is 0 Å². The number of benzene rings is 4. The molecule has 0 saturated heterocycles. The van der Waals surface area contributed by atoms with Gasteiger partial charge in [-0.05, 0) is 41.6 Å². The van der Waals surface area contributed by atoms with E-state index >= 15 is 0 Å². The number of para-hydroxylation sites is 2. The predicted octanol–water partition coefficient (Wildman–Crippen LogP) is 6.20. The third kappa shape index (κ3) is 2.05. The van der Waals surface area contributed by atoms with Crippen molar-refractivity contribution in [3.05, 3.63) is 84.4 Å². The second kappa shape index (κ2) is 5.63. The molecule has 26 heavy (non-hydrogen) atoms. The molecule has 1 heterocycles. The predicted molar refractivity (Wildman–Crippen MR) is 109 cm³/mol. The van der Waals surface area contributed by atoms with Crippen LogP contribution in [0, 0.1) is 0 Å². The van der Waals surface area contributed by atoms with Gasteiger partial charge in [-0.2, -0.15) is 0 Å². The summed E-state index contributed by atoms with van der Waals surface area (Å²) in [5, 5.41) is 14.8. The molecule has 2 heteroatoms. The first kappa shape index (κ1) is 15.0. The van der Waals surface area contributed by atoms with Crippen molar-refractivity contribution in [1.29, 1.82) is 0 Å². The minimum Gasteiger partial charge on any atom is -0.508 e. The van der Waals surface area contributed by atoms with Crippen molar-refractivity contribution in [2.45, 2.75) is 13.3 Å². The molecule has 1 aromatic heterocycles. The Morgan fingerprint density at radius 1 is 0.769 bits per heavy atom. The van der Waals surface area contributed by atoms with Crippen molar-refractivity contribution in [2.24, 2.45) is 0 Å². The lowest BCUT2D eigenvalue weighted by atomic mass is 10.1. The van der Waals surface area contributed by atoms with Gasteiger partial charge in [0.05, 0.1) is 11.0 Å². The summed E-state index contributed by atoms with van der Waals surface area (Å²) in [6.45, 7) is 2.19. The van der Waals surface area contributed by atoms with E-state index in [4.69, 9.17) is 0 Å². The third-order valence-electron chi connectivity index (χ3n) is 5.25.